The number of ether oxygens (including phenoxy) is 3. The van der Waals surface area contributed by atoms with Gasteiger partial charge in [-0.05, 0) is 37.1 Å². The molecule has 1 N–H and O–H groups in total. The van der Waals surface area contributed by atoms with E-state index in [1.165, 1.54) is 0 Å². The van der Waals surface area contributed by atoms with Crippen molar-refractivity contribution in [1.82, 2.24) is 4.57 Å². The SMILES string of the molecule is Cc1c(OC[C@@H]2COCCO2)cc(=O)n2c1-c1ccc(O)cc1CC2. The molecule has 2 aliphatic rings. The minimum atomic E-state index is -0.115. The summed E-state index contributed by atoms with van der Waals surface area (Å²) in [5.74, 6) is 0.820. The first-order valence-corrected chi connectivity index (χ1v) is 8.52. The largest absolute Gasteiger partial charge is 0.508 e. The third-order valence-electron chi connectivity index (χ3n) is 4.77. The van der Waals surface area contributed by atoms with Crippen LogP contribution in [-0.4, -0.2) is 42.2 Å². The first kappa shape index (κ1) is 16.2. The van der Waals surface area contributed by atoms with Crippen LogP contribution >= 0.6 is 0 Å². The molecule has 2 aliphatic heterocycles. The van der Waals surface area contributed by atoms with Gasteiger partial charge in [-0.3, -0.25) is 4.79 Å². The van der Waals surface area contributed by atoms with Crippen molar-refractivity contribution in [2.45, 2.75) is 26.0 Å². The summed E-state index contributed by atoms with van der Waals surface area (Å²) in [5, 5.41) is 9.72. The van der Waals surface area contributed by atoms with E-state index in [9.17, 15) is 9.90 Å². The van der Waals surface area contributed by atoms with Crippen LogP contribution in [0, 0.1) is 6.92 Å². The second-order valence-corrected chi connectivity index (χ2v) is 6.44. The predicted molar refractivity (Wildman–Crippen MR) is 92.3 cm³/mol. The van der Waals surface area contributed by atoms with Crippen molar-refractivity contribution < 1.29 is 19.3 Å². The van der Waals surface area contributed by atoms with E-state index < -0.39 is 0 Å². The number of rotatable bonds is 3. The Balaban J connectivity index is 1.69. The molecule has 1 aromatic heterocycles. The van der Waals surface area contributed by atoms with E-state index in [2.05, 4.69) is 0 Å². The summed E-state index contributed by atoms with van der Waals surface area (Å²) < 4.78 is 18.6. The van der Waals surface area contributed by atoms with Crippen LogP contribution < -0.4 is 10.3 Å². The van der Waals surface area contributed by atoms with Crippen LogP contribution in [0.3, 0.4) is 0 Å². The minimum absolute atomic E-state index is 0.0739. The molecule has 6 heteroatoms. The van der Waals surface area contributed by atoms with Crippen LogP contribution in [0.5, 0.6) is 11.5 Å². The van der Waals surface area contributed by atoms with Gasteiger partial charge in [0, 0.05) is 23.7 Å². The summed E-state index contributed by atoms with van der Waals surface area (Å²) in [6.45, 7) is 4.60. The van der Waals surface area contributed by atoms with Crippen LogP contribution in [0.1, 0.15) is 11.1 Å². The molecule has 0 aliphatic carbocycles. The first-order valence-electron chi connectivity index (χ1n) is 8.52. The van der Waals surface area contributed by atoms with Crippen LogP contribution in [0.15, 0.2) is 29.1 Å². The predicted octanol–water partition coefficient (Wildman–Crippen LogP) is 1.88. The molecule has 0 saturated carbocycles. The minimum Gasteiger partial charge on any atom is -0.508 e. The van der Waals surface area contributed by atoms with E-state index in [0.717, 1.165) is 28.8 Å². The zero-order valence-corrected chi connectivity index (χ0v) is 14.2. The van der Waals surface area contributed by atoms with Gasteiger partial charge >= 0.3 is 0 Å². The van der Waals surface area contributed by atoms with Crippen LogP contribution in [0.25, 0.3) is 11.3 Å². The summed E-state index contributed by atoms with van der Waals surface area (Å²) in [6, 6.07) is 6.83. The number of phenols is 1. The Kier molecular flexibility index (Phi) is 4.23. The number of pyridine rings is 1. The normalized spacial score (nSPS) is 19.2. The van der Waals surface area contributed by atoms with E-state index in [-0.39, 0.29) is 17.4 Å². The Hall–Kier alpha value is -2.31. The van der Waals surface area contributed by atoms with Gasteiger partial charge in [-0.25, -0.2) is 0 Å². The average Bonchev–Trinajstić information content (AvgIpc) is 2.63. The molecular formula is C19H21NO5. The average molecular weight is 343 g/mol. The third kappa shape index (κ3) is 3.03. The number of aromatic nitrogens is 1. The highest BCUT2D eigenvalue weighted by molar-refractivity contribution is 5.71. The molecule has 132 valence electrons. The summed E-state index contributed by atoms with van der Waals surface area (Å²) >= 11 is 0. The molecule has 1 fully saturated rings. The Morgan fingerprint density at radius 3 is 3.00 bits per heavy atom. The molecule has 1 atom stereocenters. The van der Waals surface area contributed by atoms with E-state index in [0.29, 0.717) is 38.7 Å². The molecular weight excluding hydrogens is 322 g/mol. The maximum Gasteiger partial charge on any atom is 0.254 e. The fraction of sp³-hybridized carbons (Fsp3) is 0.421. The fourth-order valence-electron chi connectivity index (χ4n) is 3.51. The summed E-state index contributed by atoms with van der Waals surface area (Å²) in [5.41, 5.74) is 3.73. The van der Waals surface area contributed by atoms with Gasteiger partial charge < -0.3 is 23.9 Å². The van der Waals surface area contributed by atoms with Gasteiger partial charge in [-0.15, -0.1) is 0 Å². The standard InChI is InChI=1S/C19H21NO5/c1-12-17(25-11-15-10-23-6-7-24-15)9-18(22)20-5-4-13-8-14(21)2-3-16(13)19(12)20/h2-3,8-9,15,21H,4-7,10-11H2,1H3/t15-/m0/s1. The van der Waals surface area contributed by atoms with E-state index in [1.807, 2.05) is 13.0 Å². The zero-order valence-electron chi connectivity index (χ0n) is 14.2. The number of benzene rings is 1. The molecule has 25 heavy (non-hydrogen) atoms. The lowest BCUT2D eigenvalue weighted by molar-refractivity contribution is -0.101. The van der Waals surface area contributed by atoms with Crippen molar-refractivity contribution in [3.63, 3.8) is 0 Å². The topological polar surface area (TPSA) is 69.9 Å². The second-order valence-electron chi connectivity index (χ2n) is 6.44. The van der Waals surface area contributed by atoms with Gasteiger partial charge in [0.25, 0.3) is 5.56 Å². The van der Waals surface area contributed by atoms with Crippen molar-refractivity contribution in [1.29, 1.82) is 0 Å². The first-order chi connectivity index (χ1) is 12.1. The van der Waals surface area contributed by atoms with Gasteiger partial charge in [0.1, 0.15) is 24.2 Å². The van der Waals surface area contributed by atoms with E-state index >= 15 is 0 Å². The fourth-order valence-corrected chi connectivity index (χ4v) is 3.51. The maximum absolute atomic E-state index is 12.5. The number of nitrogens with zero attached hydrogens (tertiary/aromatic N) is 1. The van der Waals surface area contributed by atoms with Gasteiger partial charge in [0.2, 0.25) is 0 Å². The molecule has 3 heterocycles. The Labute approximate surface area is 145 Å². The van der Waals surface area contributed by atoms with E-state index in [4.69, 9.17) is 14.2 Å². The highest BCUT2D eigenvalue weighted by Crippen LogP contribution is 2.35. The summed E-state index contributed by atoms with van der Waals surface area (Å²) in [4.78, 5) is 12.5. The van der Waals surface area contributed by atoms with Crippen LogP contribution in [0.4, 0.5) is 0 Å². The number of hydrogen-bond acceptors (Lipinski definition) is 5. The molecule has 4 rings (SSSR count). The highest BCUT2D eigenvalue weighted by atomic mass is 16.6. The summed E-state index contributed by atoms with van der Waals surface area (Å²) in [6.07, 6.45) is 0.611. The second kappa shape index (κ2) is 6.54. The Bertz CT molecular complexity index is 852. The molecule has 0 unspecified atom stereocenters. The van der Waals surface area contributed by atoms with Crippen molar-refractivity contribution in [3.8, 4) is 22.8 Å². The monoisotopic (exact) mass is 343 g/mol. The Morgan fingerprint density at radius 2 is 2.20 bits per heavy atom. The number of aromatic hydroxyl groups is 1. The molecule has 0 radical (unpaired) electrons. The third-order valence-corrected chi connectivity index (χ3v) is 4.77. The Morgan fingerprint density at radius 1 is 1.32 bits per heavy atom. The quantitative estimate of drug-likeness (QED) is 0.921. The number of phenolic OH excluding ortho intramolecular Hbond substituents is 1. The molecule has 6 nitrogen and oxygen atoms in total. The lowest BCUT2D eigenvalue weighted by atomic mass is 9.94. The van der Waals surface area contributed by atoms with Crippen molar-refractivity contribution in [2.24, 2.45) is 0 Å². The van der Waals surface area contributed by atoms with Crippen LogP contribution in [0.2, 0.25) is 0 Å². The van der Waals surface area contributed by atoms with Gasteiger partial charge in [-0.2, -0.15) is 0 Å². The molecule has 1 aromatic carbocycles. The van der Waals surface area contributed by atoms with Crippen molar-refractivity contribution in [2.75, 3.05) is 26.4 Å². The van der Waals surface area contributed by atoms with Crippen LogP contribution in [-0.2, 0) is 22.4 Å². The number of fused-ring (bicyclic) bond motifs is 3. The maximum atomic E-state index is 12.5. The van der Waals surface area contributed by atoms with E-state index in [1.54, 1.807) is 22.8 Å². The zero-order chi connectivity index (χ0) is 17.4. The number of aryl methyl sites for hydroxylation is 1. The van der Waals surface area contributed by atoms with Gasteiger partial charge in [0.15, 0.2) is 0 Å². The van der Waals surface area contributed by atoms with Gasteiger partial charge in [-0.1, -0.05) is 0 Å². The lowest BCUT2D eigenvalue weighted by Crippen LogP contribution is -2.34. The lowest BCUT2D eigenvalue weighted by Gasteiger charge is -2.26. The van der Waals surface area contributed by atoms with Gasteiger partial charge in [0.05, 0.1) is 25.5 Å². The molecule has 0 amide bonds. The highest BCUT2D eigenvalue weighted by Gasteiger charge is 2.23. The van der Waals surface area contributed by atoms with Crippen molar-refractivity contribution in [3.05, 3.63) is 45.7 Å². The number of hydrogen-bond donors (Lipinski definition) is 1. The molecule has 1 saturated heterocycles. The molecule has 0 bridgehead atoms. The smallest absolute Gasteiger partial charge is 0.254 e. The summed E-state index contributed by atoms with van der Waals surface area (Å²) in [7, 11) is 0. The molecule has 2 aromatic rings. The molecule has 0 spiro atoms. The van der Waals surface area contributed by atoms with Crippen molar-refractivity contribution >= 4 is 0 Å².